The maximum Gasteiger partial charge on any atom is 0.255 e. The predicted molar refractivity (Wildman–Crippen MR) is 91.2 cm³/mol. The summed E-state index contributed by atoms with van der Waals surface area (Å²) < 4.78 is 6.85. The van der Waals surface area contributed by atoms with Gasteiger partial charge in [0.25, 0.3) is 5.91 Å². The largest absolute Gasteiger partial charge is 0.371 e. The van der Waals surface area contributed by atoms with Crippen molar-refractivity contribution < 1.29 is 9.53 Å². The molecule has 2 aliphatic rings. The highest BCUT2D eigenvalue weighted by Crippen LogP contribution is 2.38. The quantitative estimate of drug-likeness (QED) is 0.873. The molecule has 0 spiro atoms. The van der Waals surface area contributed by atoms with Gasteiger partial charge in [0.1, 0.15) is 5.60 Å². The van der Waals surface area contributed by atoms with Crippen LogP contribution in [-0.2, 0) is 4.74 Å². The number of ether oxygens (including phenoxy) is 1. The molecule has 4 rings (SSSR count). The zero-order chi connectivity index (χ0) is 16.0. The second-order valence-electron chi connectivity index (χ2n) is 6.35. The van der Waals surface area contributed by atoms with E-state index >= 15 is 0 Å². The van der Waals surface area contributed by atoms with E-state index in [1.165, 1.54) is 0 Å². The molecule has 23 heavy (non-hydrogen) atoms. The number of nitrogens with two attached hydrogens (primary N) is 1. The number of hydrogen-bond donors (Lipinski definition) is 1. The molecule has 0 radical (unpaired) electrons. The number of likely N-dealkylation sites (tertiary alicyclic amines) is 1. The zero-order valence-electron chi connectivity index (χ0n) is 12.7. The Morgan fingerprint density at radius 1 is 1.48 bits per heavy atom. The minimum absolute atomic E-state index is 0.00482. The molecule has 1 aromatic carbocycles. The van der Waals surface area contributed by atoms with Gasteiger partial charge in [0, 0.05) is 41.7 Å². The number of benzene rings is 1. The van der Waals surface area contributed by atoms with Crippen molar-refractivity contribution >= 4 is 32.7 Å². The molecule has 5 nitrogen and oxygen atoms in total. The summed E-state index contributed by atoms with van der Waals surface area (Å²) >= 11 is 3.46. The minimum Gasteiger partial charge on any atom is -0.371 e. The zero-order valence-corrected chi connectivity index (χ0v) is 14.3. The van der Waals surface area contributed by atoms with Crippen LogP contribution in [0.3, 0.4) is 0 Å². The van der Waals surface area contributed by atoms with Crippen LogP contribution in [0.2, 0.25) is 0 Å². The fourth-order valence-corrected chi connectivity index (χ4v) is 4.10. The van der Waals surface area contributed by atoms with E-state index in [0.717, 1.165) is 28.4 Å². The Bertz CT molecular complexity index is 782. The Labute approximate surface area is 142 Å². The van der Waals surface area contributed by atoms with E-state index in [1.807, 2.05) is 29.2 Å². The molecule has 2 aromatic rings. The van der Waals surface area contributed by atoms with Crippen LogP contribution in [0.4, 0.5) is 0 Å². The lowest BCUT2D eigenvalue weighted by Crippen LogP contribution is -2.44. The third kappa shape index (κ3) is 2.45. The number of amides is 1. The molecule has 2 aliphatic heterocycles. The molecular formula is C17H18BrN3O2. The van der Waals surface area contributed by atoms with Crippen molar-refractivity contribution in [2.75, 3.05) is 26.2 Å². The molecular weight excluding hydrogens is 358 g/mol. The van der Waals surface area contributed by atoms with Crippen molar-refractivity contribution in [3.8, 4) is 0 Å². The van der Waals surface area contributed by atoms with Gasteiger partial charge >= 0.3 is 0 Å². The third-order valence-corrected chi connectivity index (χ3v) is 5.52. The van der Waals surface area contributed by atoms with Crippen LogP contribution in [-0.4, -0.2) is 47.6 Å². The molecule has 0 bridgehead atoms. The molecule has 3 heterocycles. The lowest BCUT2D eigenvalue weighted by Gasteiger charge is -2.26. The lowest BCUT2D eigenvalue weighted by atomic mass is 9.91. The molecule has 6 heteroatoms. The van der Waals surface area contributed by atoms with Crippen LogP contribution in [0.5, 0.6) is 0 Å². The van der Waals surface area contributed by atoms with Crippen LogP contribution in [0.15, 0.2) is 34.9 Å². The fourth-order valence-electron chi connectivity index (χ4n) is 3.72. The highest BCUT2D eigenvalue weighted by molar-refractivity contribution is 9.10. The van der Waals surface area contributed by atoms with Gasteiger partial charge in [-0.3, -0.25) is 9.78 Å². The van der Waals surface area contributed by atoms with E-state index in [0.29, 0.717) is 31.1 Å². The summed E-state index contributed by atoms with van der Waals surface area (Å²) in [5, 5.41) is 0.953. The maximum atomic E-state index is 12.8. The SMILES string of the molecule is NC[C@]12CN(C(=O)c3cnc4ccc(Br)cc4c3)C[C@H]1CCO2. The molecule has 120 valence electrons. The van der Waals surface area contributed by atoms with Crippen molar-refractivity contribution in [2.45, 2.75) is 12.0 Å². The molecule has 2 N–H and O–H groups in total. The molecule has 1 amide bonds. The predicted octanol–water partition coefficient (Wildman–Crippen LogP) is 2.19. The Morgan fingerprint density at radius 2 is 2.35 bits per heavy atom. The monoisotopic (exact) mass is 375 g/mol. The Kier molecular flexibility index (Phi) is 3.63. The third-order valence-electron chi connectivity index (χ3n) is 5.02. The highest BCUT2D eigenvalue weighted by atomic mass is 79.9. The van der Waals surface area contributed by atoms with E-state index in [1.54, 1.807) is 6.20 Å². The first-order valence-electron chi connectivity index (χ1n) is 7.80. The smallest absolute Gasteiger partial charge is 0.255 e. The van der Waals surface area contributed by atoms with Crippen molar-refractivity contribution in [1.82, 2.24) is 9.88 Å². The van der Waals surface area contributed by atoms with Crippen molar-refractivity contribution in [1.29, 1.82) is 0 Å². The summed E-state index contributed by atoms with van der Waals surface area (Å²) in [6.07, 6.45) is 2.63. The van der Waals surface area contributed by atoms with Crippen LogP contribution in [0, 0.1) is 5.92 Å². The van der Waals surface area contributed by atoms with Crippen LogP contribution in [0.1, 0.15) is 16.8 Å². The summed E-state index contributed by atoms with van der Waals surface area (Å²) in [5.41, 5.74) is 7.07. The normalized spacial score (nSPS) is 26.7. The Balaban J connectivity index is 1.62. The van der Waals surface area contributed by atoms with Gasteiger partial charge in [-0.1, -0.05) is 15.9 Å². The van der Waals surface area contributed by atoms with E-state index in [-0.39, 0.29) is 11.5 Å². The highest BCUT2D eigenvalue weighted by Gasteiger charge is 2.51. The number of hydrogen-bond acceptors (Lipinski definition) is 4. The van der Waals surface area contributed by atoms with Gasteiger partial charge in [0.2, 0.25) is 0 Å². The molecule has 0 saturated carbocycles. The molecule has 2 fully saturated rings. The van der Waals surface area contributed by atoms with Crippen LogP contribution >= 0.6 is 15.9 Å². The summed E-state index contributed by atoms with van der Waals surface area (Å²) in [7, 11) is 0. The van der Waals surface area contributed by atoms with Crippen LogP contribution < -0.4 is 5.73 Å². The van der Waals surface area contributed by atoms with Crippen LogP contribution in [0.25, 0.3) is 10.9 Å². The van der Waals surface area contributed by atoms with Gasteiger partial charge in [-0.25, -0.2) is 0 Å². The first-order chi connectivity index (χ1) is 11.1. The minimum atomic E-state index is -0.344. The van der Waals surface area contributed by atoms with E-state index in [2.05, 4.69) is 20.9 Å². The summed E-state index contributed by atoms with van der Waals surface area (Å²) in [6, 6.07) is 7.76. The topological polar surface area (TPSA) is 68.5 Å². The molecule has 0 aliphatic carbocycles. The number of halogens is 1. The average Bonchev–Trinajstić information content (AvgIpc) is 3.10. The molecule has 2 atom stereocenters. The number of fused-ring (bicyclic) bond motifs is 2. The molecule has 2 saturated heterocycles. The average molecular weight is 376 g/mol. The first-order valence-corrected chi connectivity index (χ1v) is 8.59. The Morgan fingerprint density at radius 3 is 3.13 bits per heavy atom. The fraction of sp³-hybridized carbons (Fsp3) is 0.412. The number of rotatable bonds is 2. The summed E-state index contributed by atoms with van der Waals surface area (Å²) in [6.45, 7) is 2.50. The van der Waals surface area contributed by atoms with Crippen molar-refractivity contribution in [3.63, 3.8) is 0 Å². The van der Waals surface area contributed by atoms with Gasteiger partial charge in [-0.05, 0) is 30.7 Å². The second-order valence-corrected chi connectivity index (χ2v) is 7.27. The van der Waals surface area contributed by atoms with Gasteiger partial charge in [-0.15, -0.1) is 0 Å². The van der Waals surface area contributed by atoms with Gasteiger partial charge < -0.3 is 15.4 Å². The van der Waals surface area contributed by atoms with Gasteiger partial charge in [0.05, 0.1) is 17.6 Å². The first kappa shape index (κ1) is 15.1. The van der Waals surface area contributed by atoms with Crippen molar-refractivity contribution in [2.24, 2.45) is 11.7 Å². The second kappa shape index (κ2) is 5.54. The van der Waals surface area contributed by atoms with E-state index in [4.69, 9.17) is 10.5 Å². The summed E-state index contributed by atoms with van der Waals surface area (Å²) in [4.78, 5) is 19.1. The number of pyridine rings is 1. The molecule has 0 unspecified atom stereocenters. The summed E-state index contributed by atoms with van der Waals surface area (Å²) in [5.74, 6) is 0.351. The lowest BCUT2D eigenvalue weighted by molar-refractivity contribution is 0.00262. The molecule has 1 aromatic heterocycles. The van der Waals surface area contributed by atoms with Gasteiger partial charge in [0.15, 0.2) is 0 Å². The van der Waals surface area contributed by atoms with E-state index in [9.17, 15) is 4.79 Å². The van der Waals surface area contributed by atoms with Crippen molar-refractivity contribution in [3.05, 3.63) is 40.5 Å². The standard InChI is InChI=1S/C17H18BrN3O2/c18-14-1-2-15-11(6-14)5-12(7-20-15)16(22)21-8-13-3-4-23-17(13,9-19)10-21/h1-2,5-7,13H,3-4,8-10,19H2/t13-,17+/m1/s1. The number of aromatic nitrogens is 1. The number of nitrogens with zero attached hydrogens (tertiary/aromatic N) is 2. The number of carbonyl (C=O) groups is 1. The van der Waals surface area contributed by atoms with E-state index < -0.39 is 0 Å². The number of carbonyl (C=O) groups excluding carboxylic acids is 1. The Hall–Kier alpha value is -1.50. The maximum absolute atomic E-state index is 12.8. The van der Waals surface area contributed by atoms with Gasteiger partial charge in [-0.2, -0.15) is 0 Å².